The van der Waals surface area contributed by atoms with Crippen LogP contribution in [0.1, 0.15) is 21.9 Å². The topological polar surface area (TPSA) is 94.0 Å². The second kappa shape index (κ2) is 9.19. The molecular weight excluding hydrogens is 460 g/mol. The van der Waals surface area contributed by atoms with E-state index in [4.69, 9.17) is 4.74 Å². The Morgan fingerprint density at radius 3 is 2.51 bits per heavy atom. The highest BCUT2D eigenvalue weighted by Crippen LogP contribution is 2.43. The van der Waals surface area contributed by atoms with Crippen molar-refractivity contribution in [1.29, 1.82) is 0 Å². The first-order valence-electron chi connectivity index (χ1n) is 11.3. The predicted octanol–water partition coefficient (Wildman–Crippen LogP) is 4.55. The molecule has 0 saturated carbocycles. The molecule has 0 saturated heterocycles. The number of hydrogen-bond acceptors (Lipinski definition) is 7. The van der Waals surface area contributed by atoms with Crippen LogP contribution >= 0.6 is 11.3 Å². The Bertz CT molecular complexity index is 1450. The number of anilines is 1. The van der Waals surface area contributed by atoms with Crippen LogP contribution in [0.25, 0.3) is 11.0 Å². The fraction of sp³-hybridized carbons (Fsp3) is 0.154. The second-order valence-corrected chi connectivity index (χ2v) is 9.19. The van der Waals surface area contributed by atoms with Gasteiger partial charge in [-0.05, 0) is 23.6 Å². The molecule has 2 N–H and O–H groups in total. The molecule has 0 fully saturated rings. The fourth-order valence-electron chi connectivity index (χ4n) is 4.36. The highest BCUT2D eigenvalue weighted by atomic mass is 32.1. The first-order valence-corrected chi connectivity index (χ1v) is 12.2. The average molecular weight is 483 g/mol. The van der Waals surface area contributed by atoms with Gasteiger partial charge in [-0.2, -0.15) is 5.10 Å². The molecule has 2 aromatic carbocycles. The molecule has 174 valence electrons. The third kappa shape index (κ3) is 4.10. The number of ether oxygens (including phenoxy) is 1. The molecular formula is C26H22N6O2S. The van der Waals surface area contributed by atoms with E-state index in [2.05, 4.69) is 37.1 Å². The van der Waals surface area contributed by atoms with Crippen LogP contribution in [-0.4, -0.2) is 32.2 Å². The SMILES string of the molecule is O=C(NCCn1ncc2c(NCc3cccs3)ncnc21)C1c2ccccc2Oc2ccccc21. The number of carbonyl (C=O) groups is 1. The molecule has 9 heteroatoms. The maximum atomic E-state index is 13.3. The third-order valence-electron chi connectivity index (χ3n) is 6.01. The van der Waals surface area contributed by atoms with Crippen LogP contribution < -0.4 is 15.4 Å². The van der Waals surface area contributed by atoms with Crippen molar-refractivity contribution in [2.75, 3.05) is 11.9 Å². The Labute approximate surface area is 205 Å². The Morgan fingerprint density at radius 2 is 1.77 bits per heavy atom. The van der Waals surface area contributed by atoms with Crippen LogP contribution in [0.15, 0.2) is 78.6 Å². The molecule has 0 bridgehead atoms. The summed E-state index contributed by atoms with van der Waals surface area (Å²) in [5, 5.41) is 13.8. The van der Waals surface area contributed by atoms with Crippen molar-refractivity contribution in [2.45, 2.75) is 19.0 Å². The third-order valence-corrected chi connectivity index (χ3v) is 6.89. The monoisotopic (exact) mass is 482 g/mol. The minimum absolute atomic E-state index is 0.0717. The number of amides is 1. The molecule has 35 heavy (non-hydrogen) atoms. The number of fused-ring (bicyclic) bond motifs is 3. The molecule has 0 atom stereocenters. The van der Waals surface area contributed by atoms with E-state index in [9.17, 15) is 4.79 Å². The van der Waals surface area contributed by atoms with E-state index < -0.39 is 5.92 Å². The normalized spacial score (nSPS) is 12.6. The Morgan fingerprint density at radius 1 is 1.00 bits per heavy atom. The quantitative estimate of drug-likeness (QED) is 0.353. The largest absolute Gasteiger partial charge is 0.457 e. The molecule has 3 aromatic heterocycles. The van der Waals surface area contributed by atoms with Gasteiger partial charge in [-0.1, -0.05) is 42.5 Å². The summed E-state index contributed by atoms with van der Waals surface area (Å²) in [7, 11) is 0. The molecule has 1 aliphatic rings. The van der Waals surface area contributed by atoms with Crippen LogP contribution in [0, 0.1) is 0 Å². The number of para-hydroxylation sites is 2. The van der Waals surface area contributed by atoms with Gasteiger partial charge in [0.25, 0.3) is 0 Å². The Hall–Kier alpha value is -4.24. The average Bonchev–Trinajstić information content (AvgIpc) is 3.56. The number of thiophene rings is 1. The molecule has 5 aromatic rings. The summed E-state index contributed by atoms with van der Waals surface area (Å²) >= 11 is 1.70. The van der Waals surface area contributed by atoms with Crippen LogP contribution in [0.5, 0.6) is 11.5 Å². The maximum Gasteiger partial charge on any atom is 0.232 e. The molecule has 0 aliphatic carbocycles. The molecule has 1 aliphatic heterocycles. The molecule has 0 unspecified atom stereocenters. The van der Waals surface area contributed by atoms with Gasteiger partial charge in [0, 0.05) is 22.5 Å². The van der Waals surface area contributed by atoms with Crippen molar-refractivity contribution in [3.63, 3.8) is 0 Å². The number of aromatic nitrogens is 4. The van der Waals surface area contributed by atoms with Gasteiger partial charge in [0.05, 0.1) is 30.6 Å². The molecule has 0 radical (unpaired) electrons. The minimum atomic E-state index is -0.430. The number of hydrogen-bond donors (Lipinski definition) is 2. The number of rotatable bonds is 7. The zero-order chi connectivity index (χ0) is 23.6. The van der Waals surface area contributed by atoms with E-state index in [-0.39, 0.29) is 5.91 Å². The van der Waals surface area contributed by atoms with Crippen LogP contribution in [-0.2, 0) is 17.9 Å². The van der Waals surface area contributed by atoms with Gasteiger partial charge in [-0.25, -0.2) is 14.6 Å². The summed E-state index contributed by atoms with van der Waals surface area (Å²) in [4.78, 5) is 23.4. The van der Waals surface area contributed by atoms with Gasteiger partial charge in [0.2, 0.25) is 5.91 Å². The molecule has 1 amide bonds. The summed E-state index contributed by atoms with van der Waals surface area (Å²) in [5.74, 6) is 1.67. The number of nitrogens with one attached hydrogen (secondary N) is 2. The van der Waals surface area contributed by atoms with Gasteiger partial charge < -0.3 is 15.4 Å². The lowest BCUT2D eigenvalue weighted by molar-refractivity contribution is -0.121. The minimum Gasteiger partial charge on any atom is -0.457 e. The zero-order valence-electron chi connectivity index (χ0n) is 18.7. The van der Waals surface area contributed by atoms with Crippen molar-refractivity contribution >= 4 is 34.1 Å². The molecule has 4 heterocycles. The number of carbonyl (C=O) groups excluding carboxylic acids is 1. The van der Waals surface area contributed by atoms with E-state index in [1.165, 1.54) is 11.2 Å². The van der Waals surface area contributed by atoms with E-state index in [0.29, 0.717) is 31.1 Å². The second-order valence-electron chi connectivity index (χ2n) is 8.16. The molecule has 0 spiro atoms. The first-order chi connectivity index (χ1) is 17.3. The lowest BCUT2D eigenvalue weighted by Gasteiger charge is -2.27. The summed E-state index contributed by atoms with van der Waals surface area (Å²) < 4.78 is 7.80. The Balaban J connectivity index is 1.16. The number of nitrogens with zero attached hydrogens (tertiary/aromatic N) is 4. The van der Waals surface area contributed by atoms with E-state index in [0.717, 1.165) is 28.0 Å². The van der Waals surface area contributed by atoms with Crippen molar-refractivity contribution in [3.05, 3.63) is 94.6 Å². The summed E-state index contributed by atoms with van der Waals surface area (Å²) in [5.41, 5.74) is 2.45. The van der Waals surface area contributed by atoms with E-state index in [1.807, 2.05) is 54.6 Å². The van der Waals surface area contributed by atoms with Crippen LogP contribution in [0.4, 0.5) is 5.82 Å². The summed E-state index contributed by atoms with van der Waals surface area (Å²) in [6, 6.07) is 19.5. The van der Waals surface area contributed by atoms with Crippen molar-refractivity contribution in [1.82, 2.24) is 25.1 Å². The summed E-state index contributed by atoms with van der Waals surface area (Å²) in [6.07, 6.45) is 3.30. The van der Waals surface area contributed by atoms with Crippen molar-refractivity contribution in [3.8, 4) is 11.5 Å². The van der Waals surface area contributed by atoms with Crippen molar-refractivity contribution < 1.29 is 9.53 Å². The Kier molecular flexibility index (Phi) is 5.59. The molecule has 8 nitrogen and oxygen atoms in total. The van der Waals surface area contributed by atoms with Gasteiger partial charge in [-0.15, -0.1) is 11.3 Å². The maximum absolute atomic E-state index is 13.3. The number of benzene rings is 2. The van der Waals surface area contributed by atoms with Gasteiger partial charge >= 0.3 is 0 Å². The van der Waals surface area contributed by atoms with Crippen LogP contribution in [0.2, 0.25) is 0 Å². The highest BCUT2D eigenvalue weighted by Gasteiger charge is 2.32. The van der Waals surface area contributed by atoms with Crippen LogP contribution in [0.3, 0.4) is 0 Å². The predicted molar refractivity (Wildman–Crippen MR) is 135 cm³/mol. The van der Waals surface area contributed by atoms with E-state index >= 15 is 0 Å². The lowest BCUT2D eigenvalue weighted by atomic mass is 9.87. The fourth-order valence-corrected chi connectivity index (χ4v) is 5.01. The highest BCUT2D eigenvalue weighted by molar-refractivity contribution is 7.09. The zero-order valence-corrected chi connectivity index (χ0v) is 19.5. The van der Waals surface area contributed by atoms with Gasteiger partial charge in [0.1, 0.15) is 23.6 Å². The lowest BCUT2D eigenvalue weighted by Crippen LogP contribution is -2.33. The van der Waals surface area contributed by atoms with Gasteiger partial charge in [-0.3, -0.25) is 4.79 Å². The van der Waals surface area contributed by atoms with Gasteiger partial charge in [0.15, 0.2) is 5.65 Å². The standard InChI is InChI=1S/C26H22N6O2S/c33-26(23-18-7-1-3-9-21(18)34-22-10-4-2-8-19(22)23)27-11-12-32-25-20(15-31-32)24(29-16-30-25)28-14-17-6-5-13-35-17/h1-10,13,15-16,23H,11-12,14H2,(H,27,33)(H,28,29,30). The van der Waals surface area contributed by atoms with E-state index in [1.54, 1.807) is 22.2 Å². The first kappa shape index (κ1) is 21.3. The smallest absolute Gasteiger partial charge is 0.232 e. The summed E-state index contributed by atoms with van der Waals surface area (Å²) in [6.45, 7) is 1.60. The molecule has 6 rings (SSSR count). The van der Waals surface area contributed by atoms with Crippen molar-refractivity contribution in [2.24, 2.45) is 0 Å².